The van der Waals surface area contributed by atoms with Gasteiger partial charge < -0.3 is 14.7 Å². The lowest BCUT2D eigenvalue weighted by Crippen LogP contribution is -2.69. The summed E-state index contributed by atoms with van der Waals surface area (Å²) in [6, 6.07) is 12.8. The molecule has 2 aromatic rings. The second kappa shape index (κ2) is 5.04. The first-order chi connectivity index (χ1) is 14.0. The third-order valence-electron chi connectivity index (χ3n) is 8.94. The van der Waals surface area contributed by atoms with Crippen molar-refractivity contribution in [3.05, 3.63) is 58.7 Å². The summed E-state index contributed by atoms with van der Waals surface area (Å²) in [5.41, 5.74) is 4.47. The molecule has 1 N–H and O–H groups in total. The number of likely N-dealkylation sites (tertiary alicyclic amines) is 1. The fraction of sp³-hybridized carbons (Fsp3) is 0.480. The number of aromatic hydroxyl groups is 1. The normalized spacial score (nSPS) is 35.3. The standard InChI is InChI=1S/C25H25NO3/c1-26-9-8-25-17-13-24(11-15-4-2-3-5-16(15)12-24)22(28)23(25)29-21-19(27)7-6-14(20(21)25)10-18(17)26/h2-7,17-18,23,27H,8-13H2,1H3/t17-,18-,23-,25-/m0/s1. The van der Waals surface area contributed by atoms with Crippen LogP contribution in [0.1, 0.15) is 35.1 Å². The van der Waals surface area contributed by atoms with E-state index in [1.54, 1.807) is 6.07 Å². The van der Waals surface area contributed by atoms with Crippen LogP contribution in [0.2, 0.25) is 0 Å². The molecule has 0 radical (unpaired) electrons. The molecule has 5 aliphatic rings. The molecule has 1 saturated heterocycles. The number of likely N-dealkylation sites (N-methyl/N-ethyl adjacent to an activating group) is 1. The minimum atomic E-state index is -0.450. The van der Waals surface area contributed by atoms with E-state index >= 15 is 0 Å². The van der Waals surface area contributed by atoms with E-state index in [1.807, 2.05) is 0 Å². The fourth-order valence-corrected chi connectivity index (χ4v) is 7.71. The van der Waals surface area contributed by atoms with Crippen molar-refractivity contribution in [1.82, 2.24) is 4.90 Å². The Balaban J connectivity index is 1.44. The van der Waals surface area contributed by atoms with Crippen molar-refractivity contribution in [2.24, 2.45) is 11.3 Å². The Kier molecular flexibility index (Phi) is 2.86. The molecule has 4 nitrogen and oxygen atoms in total. The average Bonchev–Trinajstić information content (AvgIpc) is 3.26. The molecule has 0 aromatic heterocycles. The number of ketones is 1. The van der Waals surface area contributed by atoms with Crippen molar-refractivity contribution in [2.75, 3.05) is 13.6 Å². The maximum atomic E-state index is 14.1. The smallest absolute Gasteiger partial charge is 0.181 e. The van der Waals surface area contributed by atoms with E-state index in [-0.39, 0.29) is 22.4 Å². The lowest BCUT2D eigenvalue weighted by Gasteiger charge is -2.60. The molecule has 3 aliphatic carbocycles. The largest absolute Gasteiger partial charge is 0.504 e. The highest BCUT2D eigenvalue weighted by Crippen LogP contribution is 2.66. The summed E-state index contributed by atoms with van der Waals surface area (Å²) in [7, 11) is 2.24. The van der Waals surface area contributed by atoms with Crippen molar-refractivity contribution >= 4 is 5.78 Å². The molecule has 2 spiro atoms. The maximum Gasteiger partial charge on any atom is 0.181 e. The van der Waals surface area contributed by atoms with Gasteiger partial charge in [-0.15, -0.1) is 0 Å². The summed E-state index contributed by atoms with van der Waals surface area (Å²) < 4.78 is 6.42. The maximum absolute atomic E-state index is 14.1. The van der Waals surface area contributed by atoms with Crippen molar-refractivity contribution in [3.63, 3.8) is 0 Å². The van der Waals surface area contributed by atoms with Crippen LogP contribution in [0.5, 0.6) is 11.5 Å². The third kappa shape index (κ3) is 1.75. The number of phenols is 1. The molecule has 0 unspecified atom stereocenters. The quantitative estimate of drug-likeness (QED) is 0.755. The highest BCUT2D eigenvalue weighted by atomic mass is 16.5. The molecule has 1 saturated carbocycles. The van der Waals surface area contributed by atoms with Crippen LogP contribution in [0.4, 0.5) is 0 Å². The molecule has 4 atom stereocenters. The van der Waals surface area contributed by atoms with E-state index in [2.05, 4.69) is 42.3 Å². The van der Waals surface area contributed by atoms with Crippen LogP contribution in [0.3, 0.4) is 0 Å². The number of hydrogen-bond donors (Lipinski definition) is 1. The number of fused-ring (bicyclic) bond motifs is 1. The molecule has 148 valence electrons. The van der Waals surface area contributed by atoms with Crippen LogP contribution < -0.4 is 4.74 Å². The van der Waals surface area contributed by atoms with Gasteiger partial charge in [0.1, 0.15) is 0 Å². The number of carbonyl (C=O) groups is 1. The van der Waals surface area contributed by atoms with Crippen molar-refractivity contribution in [2.45, 2.75) is 49.7 Å². The zero-order valence-corrected chi connectivity index (χ0v) is 16.6. The number of benzene rings is 2. The van der Waals surface area contributed by atoms with Crippen LogP contribution in [-0.4, -0.2) is 41.5 Å². The van der Waals surface area contributed by atoms with Gasteiger partial charge in [0.05, 0.1) is 0 Å². The predicted octanol–water partition coefficient (Wildman–Crippen LogP) is 3.03. The minimum Gasteiger partial charge on any atom is -0.504 e. The minimum absolute atomic E-state index is 0.195. The number of hydrogen-bond acceptors (Lipinski definition) is 4. The van der Waals surface area contributed by atoms with E-state index in [1.165, 1.54) is 16.7 Å². The third-order valence-corrected chi connectivity index (χ3v) is 8.94. The number of phenolic OH excluding ortho intramolecular Hbond substituents is 1. The molecule has 2 bridgehead atoms. The molecular weight excluding hydrogens is 362 g/mol. The Morgan fingerprint density at radius 2 is 1.86 bits per heavy atom. The zero-order valence-electron chi connectivity index (χ0n) is 16.6. The van der Waals surface area contributed by atoms with Gasteiger partial charge in [-0.2, -0.15) is 0 Å². The number of nitrogens with zero attached hydrogens (tertiary/aromatic N) is 1. The second-order valence-electron chi connectivity index (χ2n) is 10.1. The summed E-state index contributed by atoms with van der Waals surface area (Å²) in [4.78, 5) is 16.6. The van der Waals surface area contributed by atoms with Gasteiger partial charge in [-0.25, -0.2) is 0 Å². The second-order valence-corrected chi connectivity index (χ2v) is 10.1. The van der Waals surface area contributed by atoms with Gasteiger partial charge >= 0.3 is 0 Å². The summed E-state index contributed by atoms with van der Waals surface area (Å²) in [5.74, 6) is 1.46. The molecule has 4 heteroatoms. The summed E-state index contributed by atoms with van der Waals surface area (Å²) in [5, 5.41) is 10.6. The van der Waals surface area contributed by atoms with Gasteiger partial charge in [0.2, 0.25) is 0 Å². The van der Waals surface area contributed by atoms with Crippen LogP contribution in [-0.2, 0) is 29.5 Å². The van der Waals surface area contributed by atoms with Gasteiger partial charge in [-0.05, 0) is 74.4 Å². The number of rotatable bonds is 0. The molecule has 2 heterocycles. The van der Waals surface area contributed by atoms with E-state index in [0.29, 0.717) is 17.7 Å². The van der Waals surface area contributed by atoms with Crippen LogP contribution >= 0.6 is 0 Å². The van der Waals surface area contributed by atoms with E-state index < -0.39 is 6.10 Å². The van der Waals surface area contributed by atoms with Crippen LogP contribution in [0.25, 0.3) is 0 Å². The predicted molar refractivity (Wildman–Crippen MR) is 108 cm³/mol. The summed E-state index contributed by atoms with van der Waals surface area (Å²) in [6.07, 6.45) is 4.07. The molecule has 29 heavy (non-hydrogen) atoms. The average molecular weight is 387 g/mol. The zero-order chi connectivity index (χ0) is 19.5. The van der Waals surface area contributed by atoms with Gasteiger partial charge in [0.25, 0.3) is 0 Å². The lowest BCUT2D eigenvalue weighted by atomic mass is 9.47. The molecule has 2 aromatic carbocycles. The Hall–Kier alpha value is -2.33. The molecule has 0 amide bonds. The first-order valence-electron chi connectivity index (χ1n) is 10.9. The van der Waals surface area contributed by atoms with Crippen molar-refractivity contribution in [1.29, 1.82) is 0 Å². The van der Waals surface area contributed by atoms with Gasteiger partial charge in [0, 0.05) is 22.4 Å². The van der Waals surface area contributed by atoms with Gasteiger partial charge in [0.15, 0.2) is 23.4 Å². The first-order valence-corrected chi connectivity index (χ1v) is 10.9. The summed E-state index contributed by atoms with van der Waals surface area (Å²) >= 11 is 0. The fourth-order valence-electron chi connectivity index (χ4n) is 7.71. The Labute approximate surface area is 170 Å². The van der Waals surface area contributed by atoms with E-state index in [0.717, 1.165) is 44.2 Å². The topological polar surface area (TPSA) is 49.8 Å². The SMILES string of the molecule is CN1CC[C@]23c4c5ccc(O)c4O[C@H]2C(=O)C2(Cc4ccccc4C2)C[C@H]3[C@@H]1C5. The number of piperidine rings is 1. The Morgan fingerprint density at radius 1 is 1.10 bits per heavy atom. The van der Waals surface area contributed by atoms with E-state index in [4.69, 9.17) is 4.74 Å². The molecule has 7 rings (SSSR count). The lowest BCUT2D eigenvalue weighted by molar-refractivity contribution is -0.154. The highest BCUT2D eigenvalue weighted by Gasteiger charge is 2.70. The van der Waals surface area contributed by atoms with Gasteiger partial charge in [-0.3, -0.25) is 4.79 Å². The van der Waals surface area contributed by atoms with Crippen molar-refractivity contribution in [3.8, 4) is 11.5 Å². The molecule has 2 aliphatic heterocycles. The number of Topliss-reactive ketones (excluding diaryl/α,β-unsaturated/α-hetero) is 1. The molecular formula is C25H25NO3. The number of ether oxygens (including phenoxy) is 1. The van der Waals surface area contributed by atoms with Crippen LogP contribution in [0, 0.1) is 11.3 Å². The Morgan fingerprint density at radius 3 is 2.62 bits per heavy atom. The molecule has 2 fully saturated rings. The highest BCUT2D eigenvalue weighted by molar-refractivity contribution is 5.95. The van der Waals surface area contributed by atoms with Crippen molar-refractivity contribution < 1.29 is 14.6 Å². The van der Waals surface area contributed by atoms with E-state index in [9.17, 15) is 9.90 Å². The Bertz CT molecular complexity index is 1070. The monoisotopic (exact) mass is 387 g/mol. The first kappa shape index (κ1) is 16.5. The summed E-state index contributed by atoms with van der Waals surface area (Å²) in [6.45, 7) is 0.982. The van der Waals surface area contributed by atoms with Crippen LogP contribution in [0.15, 0.2) is 36.4 Å². The number of carbonyl (C=O) groups excluding carboxylic acids is 1. The van der Waals surface area contributed by atoms with Gasteiger partial charge in [-0.1, -0.05) is 30.3 Å².